The van der Waals surface area contributed by atoms with Crippen LogP contribution in [0.2, 0.25) is 0 Å². The van der Waals surface area contributed by atoms with Crippen LogP contribution in [0.15, 0.2) is 55.1 Å². The summed E-state index contributed by atoms with van der Waals surface area (Å²) < 4.78 is 14.8. The third-order valence-electron chi connectivity index (χ3n) is 4.16. The smallest absolute Gasteiger partial charge is 0.182 e. The van der Waals surface area contributed by atoms with Gasteiger partial charge in [0, 0.05) is 30.2 Å². The second-order valence-corrected chi connectivity index (χ2v) is 5.93. The predicted octanol–water partition coefficient (Wildman–Crippen LogP) is 1.74. The molecule has 0 atom stereocenters. The summed E-state index contributed by atoms with van der Waals surface area (Å²) in [5.74, 6) is 2.77. The molecule has 5 rings (SSSR count). The molecule has 0 fully saturated rings. The lowest BCUT2D eigenvalue weighted by molar-refractivity contribution is 0.171. The minimum Gasteiger partial charge on any atom is -0.486 e. The Morgan fingerprint density at radius 3 is 2.63 bits per heavy atom. The van der Waals surface area contributed by atoms with E-state index in [0.717, 1.165) is 22.8 Å². The molecule has 0 radical (unpaired) electrons. The van der Waals surface area contributed by atoms with Crippen molar-refractivity contribution in [1.29, 1.82) is 0 Å². The number of aromatic nitrogens is 7. The molecule has 0 saturated heterocycles. The van der Waals surface area contributed by atoms with Gasteiger partial charge >= 0.3 is 0 Å². The van der Waals surface area contributed by atoms with E-state index in [-0.39, 0.29) is 0 Å². The van der Waals surface area contributed by atoms with Gasteiger partial charge in [0.2, 0.25) is 0 Å². The Balaban J connectivity index is 1.60. The van der Waals surface area contributed by atoms with Crippen LogP contribution < -0.4 is 9.47 Å². The zero-order valence-corrected chi connectivity index (χ0v) is 14.3. The molecular formula is C18H15N7O2. The Kier molecular flexibility index (Phi) is 3.74. The van der Waals surface area contributed by atoms with Crippen LogP contribution in [0.4, 0.5) is 0 Å². The summed E-state index contributed by atoms with van der Waals surface area (Å²) in [6, 6.07) is 9.48. The van der Waals surface area contributed by atoms with Gasteiger partial charge in [0.15, 0.2) is 23.1 Å². The summed E-state index contributed by atoms with van der Waals surface area (Å²) in [6.07, 6.45) is 6.86. The van der Waals surface area contributed by atoms with Crippen molar-refractivity contribution in [3.63, 3.8) is 0 Å². The highest BCUT2D eigenvalue weighted by Gasteiger charge is 2.17. The van der Waals surface area contributed by atoms with Crippen molar-refractivity contribution in [3.8, 4) is 28.6 Å². The van der Waals surface area contributed by atoms with E-state index in [0.29, 0.717) is 31.3 Å². The lowest BCUT2D eigenvalue weighted by atomic mass is 10.2. The summed E-state index contributed by atoms with van der Waals surface area (Å²) >= 11 is 0. The summed E-state index contributed by atoms with van der Waals surface area (Å²) in [4.78, 5) is 8.76. The molecule has 0 aliphatic carbocycles. The summed E-state index contributed by atoms with van der Waals surface area (Å²) in [5.41, 5.74) is 1.73. The first kappa shape index (κ1) is 15.5. The zero-order chi connectivity index (χ0) is 18.1. The van der Waals surface area contributed by atoms with Gasteiger partial charge in [-0.15, -0.1) is 10.2 Å². The van der Waals surface area contributed by atoms with E-state index >= 15 is 0 Å². The number of rotatable bonds is 4. The fourth-order valence-electron chi connectivity index (χ4n) is 2.90. The van der Waals surface area contributed by atoms with E-state index in [1.54, 1.807) is 34.2 Å². The third kappa shape index (κ3) is 2.99. The highest BCUT2D eigenvalue weighted by atomic mass is 16.6. The largest absolute Gasteiger partial charge is 0.486 e. The van der Waals surface area contributed by atoms with Gasteiger partial charge in [-0.05, 0) is 24.3 Å². The Bertz CT molecular complexity index is 1060. The quantitative estimate of drug-likeness (QED) is 0.546. The van der Waals surface area contributed by atoms with Gasteiger partial charge in [0.25, 0.3) is 0 Å². The molecular weight excluding hydrogens is 346 g/mol. The Morgan fingerprint density at radius 1 is 0.963 bits per heavy atom. The minimum atomic E-state index is 0.437. The van der Waals surface area contributed by atoms with E-state index in [1.807, 2.05) is 30.3 Å². The number of fused-ring (bicyclic) bond motifs is 1. The van der Waals surface area contributed by atoms with Crippen molar-refractivity contribution in [2.45, 2.75) is 6.54 Å². The molecule has 9 nitrogen and oxygen atoms in total. The molecule has 4 heterocycles. The van der Waals surface area contributed by atoms with Crippen LogP contribution in [-0.2, 0) is 6.54 Å². The van der Waals surface area contributed by atoms with Crippen molar-refractivity contribution in [3.05, 3.63) is 60.9 Å². The Hall–Kier alpha value is -3.75. The van der Waals surface area contributed by atoms with Crippen molar-refractivity contribution in [2.75, 3.05) is 13.2 Å². The maximum absolute atomic E-state index is 5.70. The topological polar surface area (TPSA) is 92.8 Å². The molecule has 27 heavy (non-hydrogen) atoms. The monoisotopic (exact) mass is 361 g/mol. The molecule has 0 bridgehead atoms. The summed E-state index contributed by atoms with van der Waals surface area (Å²) in [7, 11) is 0. The first-order valence-electron chi connectivity index (χ1n) is 8.47. The minimum absolute atomic E-state index is 0.437. The van der Waals surface area contributed by atoms with Crippen LogP contribution in [0.1, 0.15) is 5.82 Å². The summed E-state index contributed by atoms with van der Waals surface area (Å²) in [6.45, 7) is 1.52. The molecule has 0 saturated carbocycles. The normalized spacial score (nSPS) is 12.9. The molecule has 4 aromatic rings. The van der Waals surface area contributed by atoms with Crippen LogP contribution in [0.25, 0.3) is 17.1 Å². The lowest BCUT2D eigenvalue weighted by Crippen LogP contribution is -2.16. The number of ether oxygens (including phenoxy) is 2. The Labute approximate surface area is 154 Å². The molecule has 1 aliphatic heterocycles. The average molecular weight is 361 g/mol. The maximum Gasteiger partial charge on any atom is 0.182 e. The second kappa shape index (κ2) is 6.52. The van der Waals surface area contributed by atoms with Crippen molar-refractivity contribution >= 4 is 0 Å². The first-order valence-corrected chi connectivity index (χ1v) is 8.47. The van der Waals surface area contributed by atoms with Gasteiger partial charge in [-0.1, -0.05) is 5.21 Å². The number of hydrogen-bond acceptors (Lipinski definition) is 7. The third-order valence-corrected chi connectivity index (χ3v) is 4.16. The van der Waals surface area contributed by atoms with Crippen molar-refractivity contribution in [2.24, 2.45) is 0 Å². The molecule has 1 aliphatic rings. The van der Waals surface area contributed by atoms with E-state index < -0.39 is 0 Å². The van der Waals surface area contributed by atoms with Gasteiger partial charge in [-0.3, -0.25) is 4.98 Å². The fourth-order valence-corrected chi connectivity index (χ4v) is 2.90. The van der Waals surface area contributed by atoms with E-state index in [1.165, 1.54) is 0 Å². The van der Waals surface area contributed by atoms with E-state index in [2.05, 4.69) is 15.3 Å². The number of hydrogen-bond donors (Lipinski definition) is 0. The van der Waals surface area contributed by atoms with E-state index in [9.17, 15) is 0 Å². The molecule has 3 aromatic heterocycles. The number of nitrogens with zero attached hydrogens (tertiary/aromatic N) is 7. The van der Waals surface area contributed by atoms with Gasteiger partial charge in [0.1, 0.15) is 19.8 Å². The average Bonchev–Trinajstić information content (AvgIpc) is 3.39. The fraction of sp³-hybridized carbons (Fsp3) is 0.167. The number of benzene rings is 1. The van der Waals surface area contributed by atoms with Crippen molar-refractivity contribution < 1.29 is 9.47 Å². The molecule has 0 spiro atoms. The highest BCUT2D eigenvalue weighted by Crippen LogP contribution is 2.32. The maximum atomic E-state index is 5.70. The first-order chi connectivity index (χ1) is 13.4. The van der Waals surface area contributed by atoms with E-state index in [4.69, 9.17) is 19.6 Å². The summed E-state index contributed by atoms with van der Waals surface area (Å²) in [5, 5.41) is 12.6. The van der Waals surface area contributed by atoms with Gasteiger partial charge in [-0.2, -0.15) is 0 Å². The van der Waals surface area contributed by atoms with Crippen LogP contribution in [0.5, 0.6) is 11.5 Å². The highest BCUT2D eigenvalue weighted by molar-refractivity contribution is 5.55. The molecule has 9 heteroatoms. The lowest BCUT2D eigenvalue weighted by Gasteiger charge is -2.19. The second-order valence-electron chi connectivity index (χ2n) is 5.93. The van der Waals surface area contributed by atoms with Gasteiger partial charge < -0.3 is 9.47 Å². The van der Waals surface area contributed by atoms with Crippen LogP contribution >= 0.6 is 0 Å². The van der Waals surface area contributed by atoms with Crippen LogP contribution in [0, 0.1) is 0 Å². The van der Waals surface area contributed by atoms with Gasteiger partial charge in [0.05, 0.1) is 11.9 Å². The SMILES string of the molecule is c1cc(-c2nc(Cn3ccnn3)n(-c3ccc4c(c3)OCCO4)n2)ccn1. The molecule has 1 aromatic carbocycles. The molecule has 0 amide bonds. The standard InChI is InChI=1S/C18H15N7O2/c1-2-15-16(27-10-9-26-15)11-14(1)25-17(12-24-8-7-20-23-24)21-18(22-25)13-3-5-19-6-4-13/h1-8,11H,9-10,12H2. The Morgan fingerprint density at radius 2 is 1.81 bits per heavy atom. The number of pyridine rings is 1. The van der Waals surface area contributed by atoms with Crippen LogP contribution in [0.3, 0.4) is 0 Å². The van der Waals surface area contributed by atoms with Crippen molar-refractivity contribution in [1.82, 2.24) is 34.7 Å². The van der Waals surface area contributed by atoms with Gasteiger partial charge in [-0.25, -0.2) is 14.3 Å². The zero-order valence-electron chi connectivity index (χ0n) is 14.3. The van der Waals surface area contributed by atoms with Crippen LogP contribution in [-0.4, -0.2) is 48.0 Å². The molecule has 0 N–H and O–H groups in total. The predicted molar refractivity (Wildman–Crippen MR) is 94.7 cm³/mol. The molecule has 0 unspecified atom stereocenters. The molecule has 134 valence electrons.